The summed E-state index contributed by atoms with van der Waals surface area (Å²) in [4.78, 5) is 13.9. The first-order chi connectivity index (χ1) is 10.0. The van der Waals surface area contributed by atoms with Crippen molar-refractivity contribution >= 4 is 17.5 Å². The third-order valence-corrected chi connectivity index (χ3v) is 4.51. The van der Waals surface area contributed by atoms with Gasteiger partial charge in [-0.05, 0) is 37.0 Å². The minimum Gasteiger partial charge on any atom is -0.388 e. The lowest BCUT2D eigenvalue weighted by Gasteiger charge is -2.28. The van der Waals surface area contributed by atoms with Crippen LogP contribution >= 0.6 is 11.6 Å². The van der Waals surface area contributed by atoms with Gasteiger partial charge in [0.05, 0.1) is 12.1 Å². The van der Waals surface area contributed by atoms with E-state index in [1.807, 2.05) is 24.3 Å². The van der Waals surface area contributed by atoms with Crippen LogP contribution in [0.25, 0.3) is 0 Å². The second kappa shape index (κ2) is 7.25. The summed E-state index contributed by atoms with van der Waals surface area (Å²) in [5, 5.41) is 10.8. The molecule has 3 atom stereocenters. The number of nitrogens with zero attached hydrogens (tertiary/aromatic N) is 1. The maximum atomic E-state index is 12.3. The topological polar surface area (TPSA) is 49.8 Å². The first kappa shape index (κ1) is 16.3. The van der Waals surface area contributed by atoms with E-state index in [-0.39, 0.29) is 18.1 Å². The van der Waals surface area contributed by atoms with Crippen LogP contribution in [0.2, 0.25) is 5.02 Å². The van der Waals surface area contributed by atoms with Gasteiger partial charge in [0, 0.05) is 25.6 Å². The first-order valence-electron chi connectivity index (χ1n) is 7.24. The van der Waals surface area contributed by atoms with E-state index < -0.39 is 6.10 Å². The van der Waals surface area contributed by atoms with E-state index in [4.69, 9.17) is 16.3 Å². The summed E-state index contributed by atoms with van der Waals surface area (Å²) in [6.07, 6.45) is 1.91. The van der Waals surface area contributed by atoms with Crippen molar-refractivity contribution in [3.05, 3.63) is 34.9 Å². The summed E-state index contributed by atoms with van der Waals surface area (Å²) < 4.78 is 5.22. The summed E-state index contributed by atoms with van der Waals surface area (Å²) in [6, 6.07) is 7.37. The molecular weight excluding hydrogens is 290 g/mol. The van der Waals surface area contributed by atoms with Crippen molar-refractivity contribution in [2.24, 2.45) is 0 Å². The zero-order valence-electron chi connectivity index (χ0n) is 12.5. The van der Waals surface area contributed by atoms with Crippen LogP contribution in [-0.2, 0) is 16.0 Å². The van der Waals surface area contributed by atoms with Gasteiger partial charge in [0.1, 0.15) is 6.10 Å². The lowest BCUT2D eigenvalue weighted by atomic mass is 10.1. The molecule has 0 bridgehead atoms. The lowest BCUT2D eigenvalue weighted by Crippen LogP contribution is -2.44. The van der Waals surface area contributed by atoms with Crippen molar-refractivity contribution in [3.8, 4) is 0 Å². The van der Waals surface area contributed by atoms with E-state index in [2.05, 4.69) is 0 Å². The summed E-state index contributed by atoms with van der Waals surface area (Å²) in [6.45, 7) is 0. The number of carbonyl (C=O) groups excluding carboxylic acids is 1. The predicted molar refractivity (Wildman–Crippen MR) is 82.4 cm³/mol. The van der Waals surface area contributed by atoms with Crippen molar-refractivity contribution in [1.82, 2.24) is 4.90 Å². The highest BCUT2D eigenvalue weighted by atomic mass is 35.5. The number of aliphatic hydroxyl groups is 1. The zero-order chi connectivity index (χ0) is 15.4. The predicted octanol–water partition coefficient (Wildman–Crippen LogP) is 2.27. The molecule has 1 saturated carbocycles. The van der Waals surface area contributed by atoms with Gasteiger partial charge in [-0.3, -0.25) is 4.79 Å². The molecule has 0 unspecified atom stereocenters. The number of hydrogen-bond donors (Lipinski definition) is 1. The van der Waals surface area contributed by atoms with E-state index in [9.17, 15) is 9.90 Å². The molecule has 1 aromatic rings. The second-order valence-corrected chi connectivity index (χ2v) is 5.98. The fourth-order valence-electron chi connectivity index (χ4n) is 2.87. The van der Waals surface area contributed by atoms with E-state index in [0.717, 1.165) is 18.4 Å². The maximum absolute atomic E-state index is 12.3. The number of benzene rings is 1. The number of rotatable bonds is 5. The lowest BCUT2D eigenvalue weighted by molar-refractivity contribution is -0.134. The van der Waals surface area contributed by atoms with E-state index in [0.29, 0.717) is 17.9 Å². The van der Waals surface area contributed by atoms with E-state index in [1.54, 1.807) is 19.1 Å². The van der Waals surface area contributed by atoms with Crippen LogP contribution < -0.4 is 0 Å². The molecule has 5 heteroatoms. The van der Waals surface area contributed by atoms with Gasteiger partial charge in [0.2, 0.25) is 5.91 Å². The van der Waals surface area contributed by atoms with Gasteiger partial charge in [-0.2, -0.15) is 0 Å². The average Bonchev–Trinajstić information content (AvgIpc) is 2.86. The number of aryl methyl sites for hydroxylation is 1. The van der Waals surface area contributed by atoms with Gasteiger partial charge in [0.25, 0.3) is 0 Å². The fraction of sp³-hybridized carbons (Fsp3) is 0.562. The Morgan fingerprint density at radius 1 is 1.38 bits per heavy atom. The van der Waals surface area contributed by atoms with Crippen LogP contribution in [0.5, 0.6) is 0 Å². The molecule has 0 saturated heterocycles. The number of aliphatic hydroxyl groups excluding tert-OH is 1. The highest BCUT2D eigenvalue weighted by molar-refractivity contribution is 6.30. The third kappa shape index (κ3) is 3.96. The summed E-state index contributed by atoms with van der Waals surface area (Å²) >= 11 is 5.84. The number of hydrogen-bond acceptors (Lipinski definition) is 3. The molecule has 1 aliphatic rings. The van der Waals surface area contributed by atoms with E-state index in [1.165, 1.54) is 0 Å². The smallest absolute Gasteiger partial charge is 0.222 e. The van der Waals surface area contributed by atoms with Gasteiger partial charge < -0.3 is 14.7 Å². The molecule has 21 heavy (non-hydrogen) atoms. The molecule has 0 aliphatic heterocycles. The van der Waals surface area contributed by atoms with Crippen molar-refractivity contribution < 1.29 is 14.6 Å². The highest BCUT2D eigenvalue weighted by Gasteiger charge is 2.38. The molecule has 2 rings (SSSR count). The Kier molecular flexibility index (Phi) is 5.62. The summed E-state index contributed by atoms with van der Waals surface area (Å²) in [7, 11) is 3.36. The normalized spacial score (nSPS) is 25.0. The summed E-state index contributed by atoms with van der Waals surface area (Å²) in [5.74, 6) is 0.0470. The fourth-order valence-corrected chi connectivity index (χ4v) is 2.99. The maximum Gasteiger partial charge on any atom is 0.222 e. The summed E-state index contributed by atoms with van der Waals surface area (Å²) in [5.41, 5.74) is 1.09. The Labute approximate surface area is 130 Å². The van der Waals surface area contributed by atoms with Crippen LogP contribution in [-0.4, -0.2) is 48.3 Å². The Bertz CT molecular complexity index is 477. The first-order valence-corrected chi connectivity index (χ1v) is 7.61. The van der Waals surface area contributed by atoms with Crippen LogP contribution in [0.15, 0.2) is 24.3 Å². The van der Waals surface area contributed by atoms with Gasteiger partial charge in [-0.15, -0.1) is 0 Å². The standard InChI is InChI=1S/C16H22ClNO3/c1-18(13-8-9-14(21-2)16(13)20)15(19)10-5-11-3-6-12(17)7-4-11/h3-4,6-7,13-14,16,20H,5,8-10H2,1-2H3/t13-,14-,16-/m1/s1. The van der Waals surface area contributed by atoms with Crippen molar-refractivity contribution in [1.29, 1.82) is 0 Å². The molecule has 116 valence electrons. The number of halogens is 1. The Morgan fingerprint density at radius 3 is 2.62 bits per heavy atom. The minimum absolute atomic E-state index is 0.0470. The monoisotopic (exact) mass is 311 g/mol. The third-order valence-electron chi connectivity index (χ3n) is 4.26. The number of carbonyl (C=O) groups is 1. The quantitative estimate of drug-likeness (QED) is 0.907. The number of likely N-dealkylation sites (N-methyl/N-ethyl adjacent to an activating group) is 1. The van der Waals surface area contributed by atoms with Gasteiger partial charge >= 0.3 is 0 Å². The van der Waals surface area contributed by atoms with Crippen molar-refractivity contribution in [3.63, 3.8) is 0 Å². The molecule has 0 spiro atoms. The van der Waals surface area contributed by atoms with Crippen molar-refractivity contribution in [2.75, 3.05) is 14.2 Å². The molecular formula is C16H22ClNO3. The van der Waals surface area contributed by atoms with E-state index >= 15 is 0 Å². The van der Waals surface area contributed by atoms with Crippen LogP contribution in [0.1, 0.15) is 24.8 Å². The number of methoxy groups -OCH3 is 1. The molecule has 0 heterocycles. The Balaban J connectivity index is 1.87. The highest BCUT2D eigenvalue weighted by Crippen LogP contribution is 2.26. The molecule has 1 fully saturated rings. The van der Waals surface area contributed by atoms with Crippen LogP contribution in [0, 0.1) is 0 Å². The SMILES string of the molecule is CO[C@@H]1CC[C@@H](N(C)C(=O)CCc2ccc(Cl)cc2)[C@H]1O. The zero-order valence-corrected chi connectivity index (χ0v) is 13.2. The Hall–Kier alpha value is -1.10. The minimum atomic E-state index is -0.598. The average molecular weight is 312 g/mol. The molecule has 4 nitrogen and oxygen atoms in total. The number of amides is 1. The van der Waals surface area contributed by atoms with Crippen LogP contribution in [0.4, 0.5) is 0 Å². The molecule has 0 radical (unpaired) electrons. The second-order valence-electron chi connectivity index (χ2n) is 5.54. The molecule has 1 aliphatic carbocycles. The number of ether oxygens (including phenoxy) is 1. The Morgan fingerprint density at radius 2 is 2.05 bits per heavy atom. The van der Waals surface area contributed by atoms with Crippen molar-refractivity contribution in [2.45, 2.75) is 43.9 Å². The molecule has 1 amide bonds. The largest absolute Gasteiger partial charge is 0.388 e. The van der Waals surface area contributed by atoms with Gasteiger partial charge in [0.15, 0.2) is 0 Å². The van der Waals surface area contributed by atoms with Crippen LogP contribution in [0.3, 0.4) is 0 Å². The molecule has 0 aromatic heterocycles. The van der Waals surface area contributed by atoms with Gasteiger partial charge in [-0.1, -0.05) is 23.7 Å². The van der Waals surface area contributed by atoms with Gasteiger partial charge in [-0.25, -0.2) is 0 Å². The molecule has 1 N–H and O–H groups in total. The molecule has 1 aromatic carbocycles.